The molecule has 0 saturated carbocycles. The largest absolute Gasteiger partial charge is 0.383 e. The van der Waals surface area contributed by atoms with Crippen molar-refractivity contribution in [3.8, 4) is 0 Å². The molecule has 1 rings (SSSR count). The number of ether oxygens (including phenoxy) is 1. The van der Waals surface area contributed by atoms with E-state index in [0.29, 0.717) is 12.2 Å². The number of carbonyl (C=O) groups excluding carboxylic acids is 1. The van der Waals surface area contributed by atoms with Crippen molar-refractivity contribution in [2.45, 2.75) is 32.4 Å². The Labute approximate surface area is 62.3 Å². The van der Waals surface area contributed by atoms with Gasteiger partial charge >= 0.3 is 0 Å². The molecule has 3 heteroatoms. The molecule has 0 N–H and O–H groups in total. The molecule has 0 aromatic heterocycles. The normalized spacial score (nSPS) is 41.8. The topological polar surface area (TPSA) is 26.3 Å². The van der Waals surface area contributed by atoms with Gasteiger partial charge in [0.25, 0.3) is 0 Å². The first-order chi connectivity index (χ1) is 4.61. The molecule has 1 fully saturated rings. The Morgan fingerprint density at radius 1 is 1.60 bits per heavy atom. The molecular formula is C7H13BO2. The highest BCUT2D eigenvalue weighted by Crippen LogP contribution is 2.19. The van der Waals surface area contributed by atoms with Crippen molar-refractivity contribution in [3.05, 3.63) is 0 Å². The van der Waals surface area contributed by atoms with Crippen LogP contribution in [0.15, 0.2) is 0 Å². The summed E-state index contributed by atoms with van der Waals surface area (Å²) in [6.45, 7) is 3.89. The van der Waals surface area contributed by atoms with Crippen LogP contribution >= 0.6 is 0 Å². The van der Waals surface area contributed by atoms with Crippen LogP contribution in [-0.4, -0.2) is 25.7 Å². The van der Waals surface area contributed by atoms with Gasteiger partial charge in [0.15, 0.2) is 0 Å². The molecular weight excluding hydrogens is 127 g/mol. The predicted octanol–water partition coefficient (Wildman–Crippen LogP) is -0.0404. The first-order valence-corrected chi connectivity index (χ1v) is 3.79. The zero-order chi connectivity index (χ0) is 7.72. The van der Waals surface area contributed by atoms with Gasteiger partial charge in [0.05, 0.1) is 6.10 Å². The van der Waals surface area contributed by atoms with Crippen LogP contribution in [0, 0.1) is 5.92 Å². The fraction of sp³-hybridized carbons (Fsp3) is 0.857. The summed E-state index contributed by atoms with van der Waals surface area (Å²) in [6, 6.07) is 0.124. The van der Waals surface area contributed by atoms with E-state index in [0.717, 1.165) is 0 Å². The number of carbonyl (C=O) groups is 1. The summed E-state index contributed by atoms with van der Waals surface area (Å²) in [6.07, 6.45) is 0.696. The molecule has 2 unspecified atom stereocenters. The fourth-order valence-corrected chi connectivity index (χ4v) is 1.26. The van der Waals surface area contributed by atoms with Gasteiger partial charge in [-0.3, -0.25) is 4.79 Å². The number of Topliss-reactive ketones (excluding diaryl/α,β-unsaturated/α-hetero) is 1. The number of hydrogen-bond acceptors (Lipinski definition) is 2. The molecule has 0 spiro atoms. The minimum Gasteiger partial charge on any atom is -0.383 e. The van der Waals surface area contributed by atoms with Crippen molar-refractivity contribution < 1.29 is 9.53 Å². The van der Waals surface area contributed by atoms with E-state index in [1.165, 1.54) is 0 Å². The SMILES string of the molecule is B[C@@H]1CC(=O)C(C)C(C)O1. The average molecular weight is 140 g/mol. The summed E-state index contributed by atoms with van der Waals surface area (Å²) < 4.78 is 5.45. The van der Waals surface area contributed by atoms with Gasteiger partial charge in [-0.15, -0.1) is 0 Å². The van der Waals surface area contributed by atoms with Crippen LogP contribution < -0.4 is 0 Å². The van der Waals surface area contributed by atoms with Crippen molar-refractivity contribution in [2.24, 2.45) is 5.92 Å². The van der Waals surface area contributed by atoms with Gasteiger partial charge in [0, 0.05) is 18.3 Å². The predicted molar refractivity (Wildman–Crippen MR) is 41.7 cm³/mol. The van der Waals surface area contributed by atoms with Crippen LogP contribution in [0.4, 0.5) is 0 Å². The van der Waals surface area contributed by atoms with Gasteiger partial charge in [-0.05, 0) is 6.92 Å². The van der Waals surface area contributed by atoms with Crippen LogP contribution in [0.2, 0.25) is 0 Å². The van der Waals surface area contributed by atoms with E-state index in [2.05, 4.69) is 0 Å². The van der Waals surface area contributed by atoms with E-state index in [9.17, 15) is 4.79 Å². The second-order valence-electron chi connectivity index (χ2n) is 3.11. The van der Waals surface area contributed by atoms with Crippen molar-refractivity contribution in [2.75, 3.05) is 0 Å². The van der Waals surface area contributed by atoms with Crippen LogP contribution in [0.1, 0.15) is 20.3 Å². The molecule has 1 aliphatic heterocycles. The number of hydrogen-bond donors (Lipinski definition) is 0. The Morgan fingerprint density at radius 2 is 2.20 bits per heavy atom. The summed E-state index contributed by atoms with van der Waals surface area (Å²) in [5.74, 6) is 0.433. The summed E-state index contributed by atoms with van der Waals surface area (Å²) in [5, 5.41) is 0. The molecule has 0 aromatic carbocycles. The van der Waals surface area contributed by atoms with Gasteiger partial charge in [0.2, 0.25) is 0 Å². The Balaban J connectivity index is 2.57. The Hall–Kier alpha value is -0.305. The maximum atomic E-state index is 11.1. The third-order valence-electron chi connectivity index (χ3n) is 2.15. The first-order valence-electron chi connectivity index (χ1n) is 3.79. The summed E-state index contributed by atoms with van der Waals surface area (Å²) >= 11 is 0. The van der Waals surface area contributed by atoms with Gasteiger partial charge < -0.3 is 4.74 Å². The molecule has 0 aromatic rings. The first kappa shape index (κ1) is 7.80. The Bertz CT molecular complexity index is 147. The van der Waals surface area contributed by atoms with Gasteiger partial charge in [-0.25, -0.2) is 0 Å². The molecule has 1 aliphatic rings. The molecule has 1 saturated heterocycles. The van der Waals surface area contributed by atoms with Crippen molar-refractivity contribution in [1.29, 1.82) is 0 Å². The van der Waals surface area contributed by atoms with Crippen LogP contribution in [0.5, 0.6) is 0 Å². The summed E-state index contributed by atoms with van der Waals surface area (Å²) in [5.41, 5.74) is 0. The highest BCUT2D eigenvalue weighted by Gasteiger charge is 2.28. The highest BCUT2D eigenvalue weighted by molar-refractivity contribution is 6.13. The second-order valence-corrected chi connectivity index (χ2v) is 3.11. The maximum Gasteiger partial charge on any atom is 0.140 e. The number of ketones is 1. The van der Waals surface area contributed by atoms with Gasteiger partial charge in [-0.1, -0.05) is 6.92 Å². The molecule has 0 amide bonds. The summed E-state index contributed by atoms with van der Waals surface area (Å²) in [7, 11) is 1.94. The smallest absolute Gasteiger partial charge is 0.140 e. The zero-order valence-corrected chi connectivity index (χ0v) is 6.76. The van der Waals surface area contributed by atoms with Gasteiger partial charge in [-0.2, -0.15) is 0 Å². The molecule has 3 atom stereocenters. The van der Waals surface area contributed by atoms with Crippen LogP contribution in [-0.2, 0) is 9.53 Å². The minimum atomic E-state index is 0.0937. The Morgan fingerprint density at radius 3 is 2.70 bits per heavy atom. The number of rotatable bonds is 0. The molecule has 2 nitrogen and oxygen atoms in total. The van der Waals surface area contributed by atoms with Crippen molar-refractivity contribution in [1.82, 2.24) is 0 Å². The third kappa shape index (κ3) is 1.40. The maximum absolute atomic E-state index is 11.1. The molecule has 0 radical (unpaired) electrons. The van der Waals surface area contributed by atoms with Crippen LogP contribution in [0.25, 0.3) is 0 Å². The molecule has 0 aliphatic carbocycles. The van der Waals surface area contributed by atoms with E-state index >= 15 is 0 Å². The second kappa shape index (κ2) is 2.75. The minimum absolute atomic E-state index is 0.0937. The van der Waals surface area contributed by atoms with E-state index in [1.807, 2.05) is 21.7 Å². The van der Waals surface area contributed by atoms with Gasteiger partial charge in [0.1, 0.15) is 13.6 Å². The van der Waals surface area contributed by atoms with Crippen molar-refractivity contribution >= 4 is 13.6 Å². The third-order valence-corrected chi connectivity index (χ3v) is 2.15. The molecule has 10 heavy (non-hydrogen) atoms. The fourth-order valence-electron chi connectivity index (χ4n) is 1.26. The monoisotopic (exact) mass is 140 g/mol. The summed E-state index contributed by atoms with van der Waals surface area (Å²) in [4.78, 5) is 11.1. The lowest BCUT2D eigenvalue weighted by Crippen LogP contribution is -2.38. The highest BCUT2D eigenvalue weighted by atomic mass is 16.5. The average Bonchev–Trinajstić information content (AvgIpc) is 1.82. The lowest BCUT2D eigenvalue weighted by atomic mass is 9.85. The Kier molecular flexibility index (Phi) is 2.14. The van der Waals surface area contributed by atoms with E-state index in [-0.39, 0.29) is 18.0 Å². The van der Waals surface area contributed by atoms with E-state index in [1.54, 1.807) is 0 Å². The zero-order valence-electron chi connectivity index (χ0n) is 6.76. The lowest BCUT2D eigenvalue weighted by molar-refractivity contribution is -0.137. The molecule has 0 bridgehead atoms. The van der Waals surface area contributed by atoms with E-state index < -0.39 is 0 Å². The molecule has 56 valence electrons. The molecule has 1 heterocycles. The lowest BCUT2D eigenvalue weighted by Gasteiger charge is -2.29. The van der Waals surface area contributed by atoms with Crippen LogP contribution in [0.3, 0.4) is 0 Å². The van der Waals surface area contributed by atoms with E-state index in [4.69, 9.17) is 4.74 Å². The van der Waals surface area contributed by atoms with Crippen molar-refractivity contribution in [3.63, 3.8) is 0 Å². The quantitative estimate of drug-likeness (QED) is 0.441. The standard InChI is InChI=1S/C7H13BO2/c1-4-5(2)10-7(8)3-6(4)9/h4-5,7H,3,8H2,1-2H3/t4?,5?,7-/m0/s1.